The number of hydrogen-bond donors (Lipinski definition) is 3. The number of allylic oxidation sites excluding steroid dienone is 1. The molecule has 1 unspecified atom stereocenters. The first kappa shape index (κ1) is 42.0. The van der Waals surface area contributed by atoms with Crippen LogP contribution in [0.25, 0.3) is 11.2 Å². The first-order valence-corrected chi connectivity index (χ1v) is 19.2. The fourth-order valence-electron chi connectivity index (χ4n) is 5.87. The minimum Gasteiger partial charge on any atom is -0.464 e. The Kier molecular flexibility index (Phi) is 22.0. The molecule has 11 heteroatoms. The third-order valence-electron chi connectivity index (χ3n) is 9.45. The molecule has 0 bridgehead atoms. The Morgan fingerprint density at radius 1 is 0.878 bits per heavy atom. The summed E-state index contributed by atoms with van der Waals surface area (Å²) in [4.78, 5) is 47.9. The number of imidazole rings is 1. The van der Waals surface area contributed by atoms with E-state index in [2.05, 4.69) is 21.9 Å². The molecule has 0 saturated heterocycles. The number of aryl methyl sites for hydroxylation is 1. The van der Waals surface area contributed by atoms with Crippen molar-refractivity contribution in [1.29, 1.82) is 0 Å². The molecule has 0 aromatic carbocycles. The van der Waals surface area contributed by atoms with E-state index >= 15 is 0 Å². The van der Waals surface area contributed by atoms with Gasteiger partial charge in [0.15, 0.2) is 11.2 Å². The van der Waals surface area contributed by atoms with Gasteiger partial charge in [-0.3, -0.25) is 14.6 Å². The summed E-state index contributed by atoms with van der Waals surface area (Å²) in [5, 5.41) is 0. The molecule has 49 heavy (non-hydrogen) atoms. The van der Waals surface area contributed by atoms with Crippen molar-refractivity contribution in [3.8, 4) is 0 Å². The van der Waals surface area contributed by atoms with Crippen LogP contribution in [0.3, 0.4) is 0 Å². The molecule has 5 N–H and O–H groups in total. The molecule has 0 amide bonds. The molecule has 11 nitrogen and oxygen atoms in total. The number of anilines is 1. The number of nitrogens with one attached hydrogen (secondary N) is 1. The van der Waals surface area contributed by atoms with Crippen molar-refractivity contribution < 1.29 is 19.1 Å². The molecule has 3 atom stereocenters. The second-order valence-corrected chi connectivity index (χ2v) is 13.7. The van der Waals surface area contributed by atoms with Gasteiger partial charge in [0.25, 0.3) is 5.56 Å². The van der Waals surface area contributed by atoms with E-state index in [4.69, 9.17) is 20.9 Å². The predicted molar refractivity (Wildman–Crippen MR) is 198 cm³/mol. The van der Waals surface area contributed by atoms with E-state index in [1.807, 2.05) is 19.9 Å². The van der Waals surface area contributed by atoms with Crippen LogP contribution in [0.2, 0.25) is 0 Å². The number of fused-ring (bicyclic) bond motifs is 1. The monoisotopic (exact) mass is 687 g/mol. The van der Waals surface area contributed by atoms with Crippen LogP contribution in [0.1, 0.15) is 149 Å². The maximum atomic E-state index is 12.5. The predicted octanol–water partition coefficient (Wildman–Crippen LogP) is 7.77. The van der Waals surface area contributed by atoms with Crippen molar-refractivity contribution in [3.63, 3.8) is 0 Å². The first-order valence-electron chi connectivity index (χ1n) is 19.2. The fraction of sp³-hybridized carbons (Fsp3) is 0.763. The van der Waals surface area contributed by atoms with Crippen molar-refractivity contribution >= 4 is 29.1 Å². The highest BCUT2D eigenvalue weighted by Gasteiger charge is 2.23. The Bertz CT molecular complexity index is 1280. The Morgan fingerprint density at radius 2 is 1.43 bits per heavy atom. The lowest BCUT2D eigenvalue weighted by Crippen LogP contribution is -2.39. The summed E-state index contributed by atoms with van der Waals surface area (Å²) >= 11 is 0. The summed E-state index contributed by atoms with van der Waals surface area (Å²) in [6.07, 6.45) is 29.7. The van der Waals surface area contributed by atoms with Crippen LogP contribution in [0.5, 0.6) is 0 Å². The maximum absolute atomic E-state index is 12.5. The molecule has 2 aromatic heterocycles. The number of nitrogens with two attached hydrogens (primary N) is 2. The van der Waals surface area contributed by atoms with Crippen LogP contribution in [0, 0.1) is 11.8 Å². The normalized spacial score (nSPS) is 13.6. The number of unbranched alkanes of at least 4 members (excludes halogenated alkanes) is 17. The van der Waals surface area contributed by atoms with Gasteiger partial charge in [-0.1, -0.05) is 136 Å². The molecule has 2 rings (SSSR count). The maximum Gasteiger partial charge on any atom is 0.330 e. The van der Waals surface area contributed by atoms with Crippen molar-refractivity contribution in [2.24, 2.45) is 17.6 Å². The number of hydrogen-bond acceptors (Lipinski definition) is 9. The van der Waals surface area contributed by atoms with Gasteiger partial charge < -0.3 is 25.5 Å². The second kappa shape index (κ2) is 25.7. The fourth-order valence-corrected chi connectivity index (χ4v) is 5.87. The summed E-state index contributed by atoms with van der Waals surface area (Å²) in [6.45, 7) is 6.66. The van der Waals surface area contributed by atoms with Gasteiger partial charge in [0.05, 0.1) is 19.5 Å². The van der Waals surface area contributed by atoms with E-state index in [0.717, 1.165) is 19.3 Å². The number of rotatable bonds is 29. The minimum absolute atomic E-state index is 0.000656. The Labute approximate surface area is 294 Å². The summed E-state index contributed by atoms with van der Waals surface area (Å²) in [7, 11) is 0. The van der Waals surface area contributed by atoms with E-state index in [0.29, 0.717) is 18.6 Å². The van der Waals surface area contributed by atoms with E-state index in [9.17, 15) is 14.4 Å². The summed E-state index contributed by atoms with van der Waals surface area (Å²) in [5.41, 5.74) is 11.9. The molecule has 0 aliphatic rings. The second-order valence-electron chi connectivity index (χ2n) is 13.7. The van der Waals surface area contributed by atoms with Crippen molar-refractivity contribution in [2.45, 2.75) is 162 Å². The lowest BCUT2D eigenvalue weighted by Gasteiger charge is -2.20. The molecule has 2 aromatic rings. The number of aromatic amines is 1. The largest absolute Gasteiger partial charge is 0.464 e. The van der Waals surface area contributed by atoms with Gasteiger partial charge in [0.1, 0.15) is 6.04 Å². The topological polar surface area (TPSA) is 168 Å². The molecule has 2 heterocycles. The van der Waals surface area contributed by atoms with Crippen molar-refractivity contribution in [3.05, 3.63) is 28.8 Å². The third kappa shape index (κ3) is 17.8. The molecular formula is C38H66N6O5. The summed E-state index contributed by atoms with van der Waals surface area (Å²) < 4.78 is 12.8. The highest BCUT2D eigenvalue weighted by molar-refractivity contribution is 5.81. The average molecular weight is 687 g/mol. The highest BCUT2D eigenvalue weighted by Crippen LogP contribution is 2.16. The number of carbonyl (C=O) groups excluding carboxylic acids is 2. The number of H-pyrrole nitrogens is 1. The number of nitrogen functional groups attached to an aromatic ring is 1. The lowest BCUT2D eigenvalue weighted by atomic mass is 10.0. The zero-order valence-electron chi connectivity index (χ0n) is 30.8. The smallest absolute Gasteiger partial charge is 0.330 e. The molecule has 0 aliphatic carbocycles. The molecule has 0 aliphatic heterocycles. The Morgan fingerprint density at radius 3 is 2.00 bits per heavy atom. The van der Waals surface area contributed by atoms with E-state index < -0.39 is 23.5 Å². The van der Waals surface area contributed by atoms with Crippen LogP contribution in [-0.2, 0) is 25.6 Å². The van der Waals surface area contributed by atoms with Crippen LogP contribution < -0.4 is 17.0 Å². The van der Waals surface area contributed by atoms with Gasteiger partial charge in [0, 0.05) is 18.5 Å². The van der Waals surface area contributed by atoms with E-state index in [1.165, 1.54) is 115 Å². The Hall–Kier alpha value is -3.21. The number of carbonyl (C=O) groups is 2. The van der Waals surface area contributed by atoms with Crippen molar-refractivity contribution in [2.75, 3.05) is 18.9 Å². The molecule has 278 valence electrons. The van der Waals surface area contributed by atoms with Crippen molar-refractivity contribution in [1.82, 2.24) is 19.5 Å². The number of aromatic nitrogens is 4. The summed E-state index contributed by atoms with van der Waals surface area (Å²) in [5.74, 6) is -1.21. The average Bonchev–Trinajstić information content (AvgIpc) is 3.50. The van der Waals surface area contributed by atoms with Crippen LogP contribution >= 0.6 is 0 Å². The zero-order chi connectivity index (χ0) is 35.7. The number of nitrogens with zero attached hydrogens (tertiary/aromatic N) is 3. The minimum atomic E-state index is -0.720. The van der Waals surface area contributed by atoms with Crippen LogP contribution in [0.15, 0.2) is 23.3 Å². The number of esters is 2. The van der Waals surface area contributed by atoms with E-state index in [-0.39, 0.29) is 36.5 Å². The van der Waals surface area contributed by atoms with Gasteiger partial charge in [-0.05, 0) is 25.2 Å². The number of ether oxygens (including phenoxy) is 2. The third-order valence-corrected chi connectivity index (χ3v) is 9.45. The SMILES string of the molecule is CCCCCCCCCCCCCCCCCCCC=CC(=O)OCC(CCn1cnc2c(=O)[nH]c(N)nc21)COC(=O)[C@@H](N)[C@@H](C)CC. The van der Waals surface area contributed by atoms with Gasteiger partial charge in [-0.15, -0.1) is 0 Å². The van der Waals surface area contributed by atoms with E-state index in [1.54, 1.807) is 4.57 Å². The summed E-state index contributed by atoms with van der Waals surface area (Å²) in [6, 6.07) is -0.720. The molecular weight excluding hydrogens is 620 g/mol. The standard InChI is InChI=1S/C38H66N6O5/c1-4-6-7-8-9-10-11-12-13-14-15-16-17-18-19-20-21-22-23-24-32(45)48-27-31(28-49-37(47)33(39)30(3)5-2)25-26-44-29-41-34-35(44)42-38(40)43-36(34)46/h23-24,29-31,33H,4-22,25-28,39H2,1-3H3,(H3,40,42,43,46)/t30-,31?,33-/m0/s1. The molecule has 0 spiro atoms. The zero-order valence-corrected chi connectivity index (χ0v) is 30.8. The van der Waals surface area contributed by atoms with Crippen LogP contribution in [-0.4, -0.2) is 50.7 Å². The van der Waals surface area contributed by atoms with Crippen LogP contribution in [0.4, 0.5) is 5.95 Å². The molecule has 0 fully saturated rings. The van der Waals surface area contributed by atoms with Gasteiger partial charge in [-0.25, -0.2) is 9.78 Å². The quantitative estimate of drug-likeness (QED) is 0.0440. The Balaban J connectivity index is 1.63. The van der Waals surface area contributed by atoms with Gasteiger partial charge in [0.2, 0.25) is 5.95 Å². The highest BCUT2D eigenvalue weighted by atomic mass is 16.5. The van der Waals surface area contributed by atoms with Gasteiger partial charge in [-0.2, -0.15) is 4.98 Å². The van der Waals surface area contributed by atoms with Gasteiger partial charge >= 0.3 is 11.9 Å². The lowest BCUT2D eigenvalue weighted by molar-refractivity contribution is -0.149. The molecule has 0 saturated carbocycles. The molecule has 0 radical (unpaired) electrons. The first-order chi connectivity index (χ1) is 23.8.